The molecule has 2 heterocycles. The number of aromatic nitrogens is 1. The van der Waals surface area contributed by atoms with Gasteiger partial charge in [-0.1, -0.05) is 32.9 Å². The lowest BCUT2D eigenvalue weighted by Gasteiger charge is -2.55. The number of nitrogens with one attached hydrogen (secondary N) is 4. The molecule has 1 unspecified atom stereocenters. The fraction of sp³-hybridized carbons (Fsp3) is 0.594. The Kier molecular flexibility index (Phi) is 11.7. The molecule has 0 saturated carbocycles. The van der Waals surface area contributed by atoms with Gasteiger partial charge < -0.3 is 26.2 Å². The van der Waals surface area contributed by atoms with Gasteiger partial charge in [0.2, 0.25) is 17.6 Å². The molecule has 6 N–H and O–H groups in total. The van der Waals surface area contributed by atoms with Gasteiger partial charge in [0.25, 0.3) is 0 Å². The van der Waals surface area contributed by atoms with Gasteiger partial charge in [0.05, 0.1) is 11.6 Å². The van der Waals surface area contributed by atoms with Crippen molar-refractivity contribution in [3.63, 3.8) is 0 Å². The molecule has 0 bridgehead atoms. The normalized spacial score (nSPS) is 17.0. The van der Waals surface area contributed by atoms with Crippen LogP contribution in [0.3, 0.4) is 0 Å². The highest BCUT2D eigenvalue weighted by molar-refractivity contribution is 7.15. The van der Waals surface area contributed by atoms with Crippen LogP contribution >= 0.6 is 11.3 Å². The van der Waals surface area contributed by atoms with Crippen LogP contribution in [0, 0.1) is 11.3 Å². The van der Waals surface area contributed by atoms with E-state index in [4.69, 9.17) is 4.98 Å². The number of benzene rings is 1. The van der Waals surface area contributed by atoms with Gasteiger partial charge in [0, 0.05) is 48.6 Å². The zero-order valence-corrected chi connectivity index (χ0v) is 28.9. The molecule has 0 radical (unpaired) electrons. The van der Waals surface area contributed by atoms with Gasteiger partial charge in [-0.2, -0.15) is 0 Å². The van der Waals surface area contributed by atoms with E-state index in [1.165, 1.54) is 18.3 Å². The molecule has 1 aromatic carbocycles. The minimum Gasteiger partial charge on any atom is -0.465 e. The van der Waals surface area contributed by atoms with Crippen molar-refractivity contribution in [3.8, 4) is 0 Å². The van der Waals surface area contributed by atoms with Crippen molar-refractivity contribution in [1.29, 1.82) is 0 Å². The molecule has 2 atom stereocenters. The summed E-state index contributed by atoms with van der Waals surface area (Å²) < 4.78 is 0. The van der Waals surface area contributed by atoms with Crippen molar-refractivity contribution >= 4 is 46.2 Å². The first-order valence-electron chi connectivity index (χ1n) is 15.5. The van der Waals surface area contributed by atoms with E-state index < -0.39 is 28.9 Å². The maximum absolute atomic E-state index is 12.6. The van der Waals surface area contributed by atoms with Crippen LogP contribution in [0.4, 0.5) is 20.4 Å². The van der Waals surface area contributed by atoms with Gasteiger partial charge in [-0.25, -0.2) is 14.6 Å². The average molecular weight is 660 g/mol. The molecule has 46 heavy (non-hydrogen) atoms. The SMILES string of the molecule is CNC(=O)[C@@H]1CCCN(Cc2sc(NC(C)=O)nc2CCc2ccc(NC(NC(=O)O)(N(C(=O)O)C(C)(C)C)C(C)(C)C)cc2)C1. The summed E-state index contributed by atoms with van der Waals surface area (Å²) >= 11 is 1.45. The lowest BCUT2D eigenvalue weighted by Crippen LogP contribution is -2.76. The predicted molar refractivity (Wildman–Crippen MR) is 179 cm³/mol. The van der Waals surface area contributed by atoms with Crippen molar-refractivity contribution in [1.82, 2.24) is 25.4 Å². The molecular formula is C32H49N7O6S. The van der Waals surface area contributed by atoms with E-state index in [0.29, 0.717) is 36.8 Å². The maximum atomic E-state index is 12.6. The van der Waals surface area contributed by atoms with Crippen LogP contribution in [0.15, 0.2) is 24.3 Å². The Morgan fingerprint density at radius 2 is 1.70 bits per heavy atom. The minimum absolute atomic E-state index is 0.0502. The summed E-state index contributed by atoms with van der Waals surface area (Å²) in [6.07, 6.45) is 0.435. The summed E-state index contributed by atoms with van der Waals surface area (Å²) in [5.41, 5.74) is 0.574. The molecule has 254 valence electrons. The van der Waals surface area contributed by atoms with Crippen molar-refractivity contribution < 1.29 is 29.4 Å². The largest absolute Gasteiger partial charge is 0.465 e. The van der Waals surface area contributed by atoms with E-state index in [0.717, 1.165) is 40.4 Å². The van der Waals surface area contributed by atoms with Crippen molar-refractivity contribution in [2.45, 2.75) is 92.0 Å². The van der Waals surface area contributed by atoms with E-state index in [1.807, 2.05) is 12.1 Å². The molecule has 1 aliphatic rings. The van der Waals surface area contributed by atoms with Crippen LogP contribution in [0.25, 0.3) is 0 Å². The number of hydrogen-bond donors (Lipinski definition) is 6. The molecule has 2 aromatic rings. The number of hydrogen-bond acceptors (Lipinski definition) is 8. The molecule has 1 aliphatic heterocycles. The minimum atomic E-state index is -1.70. The lowest BCUT2D eigenvalue weighted by molar-refractivity contribution is -0.126. The van der Waals surface area contributed by atoms with E-state index in [-0.39, 0.29) is 17.7 Å². The Hall–Kier alpha value is -3.91. The number of carbonyl (C=O) groups excluding carboxylic acids is 2. The molecule has 1 fully saturated rings. The molecular weight excluding hydrogens is 610 g/mol. The molecule has 1 aromatic heterocycles. The van der Waals surface area contributed by atoms with Gasteiger partial charge in [0.15, 0.2) is 5.13 Å². The second-order valence-electron chi connectivity index (χ2n) is 13.8. The van der Waals surface area contributed by atoms with Gasteiger partial charge in [-0.3, -0.25) is 24.7 Å². The molecule has 13 nitrogen and oxygen atoms in total. The smallest absolute Gasteiger partial charge is 0.411 e. The number of amides is 4. The van der Waals surface area contributed by atoms with Gasteiger partial charge in [-0.05, 0) is 70.7 Å². The highest BCUT2D eigenvalue weighted by Crippen LogP contribution is 2.39. The first-order valence-corrected chi connectivity index (χ1v) is 16.3. The summed E-state index contributed by atoms with van der Waals surface area (Å²) in [7, 11) is 1.66. The third-order valence-electron chi connectivity index (χ3n) is 8.05. The number of thiazole rings is 1. The van der Waals surface area contributed by atoms with E-state index in [9.17, 15) is 29.4 Å². The van der Waals surface area contributed by atoms with Crippen LogP contribution in [-0.4, -0.2) is 80.5 Å². The summed E-state index contributed by atoms with van der Waals surface area (Å²) in [5.74, 6) is -1.89. The highest BCUT2D eigenvalue weighted by Gasteiger charge is 2.54. The van der Waals surface area contributed by atoms with Crippen molar-refractivity contribution in [2.24, 2.45) is 11.3 Å². The third-order valence-corrected chi connectivity index (χ3v) is 9.05. The molecule has 0 aliphatic carbocycles. The zero-order chi connectivity index (χ0) is 34.4. The van der Waals surface area contributed by atoms with Crippen LogP contribution in [0.2, 0.25) is 0 Å². The number of nitrogens with zero attached hydrogens (tertiary/aromatic N) is 3. The van der Waals surface area contributed by atoms with Crippen LogP contribution < -0.4 is 21.3 Å². The topological polar surface area (TPSA) is 176 Å². The number of likely N-dealkylation sites (tertiary alicyclic amines) is 1. The van der Waals surface area contributed by atoms with E-state index in [2.05, 4.69) is 26.2 Å². The number of aryl methyl sites for hydroxylation is 2. The number of piperidine rings is 1. The van der Waals surface area contributed by atoms with E-state index in [1.54, 1.807) is 60.7 Å². The quantitative estimate of drug-likeness (QED) is 0.181. The van der Waals surface area contributed by atoms with Crippen LogP contribution in [0.1, 0.15) is 77.4 Å². The Labute approximate surface area is 275 Å². The predicted octanol–water partition coefficient (Wildman–Crippen LogP) is 5.00. The molecule has 14 heteroatoms. The zero-order valence-electron chi connectivity index (χ0n) is 28.1. The monoisotopic (exact) mass is 659 g/mol. The number of carbonyl (C=O) groups is 4. The van der Waals surface area contributed by atoms with Crippen molar-refractivity contribution in [2.75, 3.05) is 30.8 Å². The molecule has 1 saturated heterocycles. The average Bonchev–Trinajstić information content (AvgIpc) is 3.30. The van der Waals surface area contributed by atoms with Crippen LogP contribution in [0.5, 0.6) is 0 Å². The number of carboxylic acid groups (broad SMARTS) is 2. The first-order chi connectivity index (χ1) is 21.4. The molecule has 0 spiro atoms. The maximum Gasteiger partial charge on any atom is 0.411 e. The van der Waals surface area contributed by atoms with Crippen LogP contribution in [-0.2, 0) is 29.0 Å². The Bertz CT molecular complexity index is 1400. The second kappa shape index (κ2) is 14.7. The lowest BCUT2D eigenvalue weighted by atomic mass is 9.82. The summed E-state index contributed by atoms with van der Waals surface area (Å²) in [5, 5.41) is 31.9. The van der Waals surface area contributed by atoms with Gasteiger partial charge >= 0.3 is 12.2 Å². The standard InChI is InChI=1S/C32H49N7O6S/c1-20(40)34-27-35-24(25(46-27)19-38-17-9-10-22(18-38)26(41)33-8)16-13-21-11-14-23(15-12-21)36-32(30(2,3)4,37-28(42)43)39(29(44)45)31(5,6)7/h11-12,14-15,22,36-37H,9-10,13,16-19H2,1-8H3,(H,33,41)(H,42,43)(H,44,45)(H,34,35,40)/t22-,32?/m1/s1. The Morgan fingerprint density at radius 1 is 1.04 bits per heavy atom. The first kappa shape index (κ1) is 36.6. The molecule has 4 amide bonds. The summed E-state index contributed by atoms with van der Waals surface area (Å²) in [6.45, 7) is 14.1. The van der Waals surface area contributed by atoms with Crippen molar-refractivity contribution in [3.05, 3.63) is 40.4 Å². The van der Waals surface area contributed by atoms with Gasteiger partial charge in [0.1, 0.15) is 0 Å². The summed E-state index contributed by atoms with van der Waals surface area (Å²) in [6, 6.07) is 7.44. The number of rotatable bonds is 11. The third kappa shape index (κ3) is 9.09. The fourth-order valence-corrected chi connectivity index (χ4v) is 6.99. The van der Waals surface area contributed by atoms with E-state index >= 15 is 0 Å². The summed E-state index contributed by atoms with van der Waals surface area (Å²) in [4.78, 5) is 57.8. The fourth-order valence-electron chi connectivity index (χ4n) is 5.89. The van der Waals surface area contributed by atoms with Gasteiger partial charge in [-0.15, -0.1) is 11.3 Å². The Balaban J connectivity index is 1.83. The number of anilines is 2. The second-order valence-corrected chi connectivity index (χ2v) is 14.8. The molecule has 3 rings (SSSR count). The highest BCUT2D eigenvalue weighted by atomic mass is 32.1. The Morgan fingerprint density at radius 3 is 2.22 bits per heavy atom.